The first kappa shape index (κ1) is 23.6. The molecule has 1 aliphatic heterocycles. The lowest BCUT2D eigenvalue weighted by atomic mass is 10.0. The van der Waals surface area contributed by atoms with Crippen LogP contribution in [-0.2, 0) is 6.42 Å². The molecule has 1 aromatic heterocycles. The van der Waals surface area contributed by atoms with Crippen LogP contribution in [0.15, 0.2) is 66.9 Å². The lowest BCUT2D eigenvalue weighted by Gasteiger charge is -2.23. The number of amides is 2. The number of rotatable bonds is 3. The predicted molar refractivity (Wildman–Crippen MR) is 138 cm³/mol. The monoisotopic (exact) mass is 500 g/mol. The molecule has 0 saturated heterocycles. The number of nitrogens with one attached hydrogen (secondary N) is 1. The fourth-order valence-corrected chi connectivity index (χ4v) is 4.61. The van der Waals surface area contributed by atoms with Crippen molar-refractivity contribution in [2.24, 2.45) is 0 Å². The minimum absolute atomic E-state index is 0.198. The van der Waals surface area contributed by atoms with Gasteiger partial charge in [0.2, 0.25) is 0 Å². The second-order valence-electron chi connectivity index (χ2n) is 8.58. The number of carbonyl (C=O) groups excluding carboxylic acids is 2. The standard InChI is InChI=1S/C28H22ClFN4O2/c1-16-20(7-5-8-24(16)30)27(35)33-19-10-11-21(23(29)14-19)28(36)34-13-12-18-15-31-17(2)32-26(18)22-6-3-4-9-25(22)34/h3-11,14-15H,12-13H2,1-2H3,(H,33,35). The fraction of sp³-hybridized carbons (Fsp3) is 0.143. The Morgan fingerprint density at radius 1 is 1.03 bits per heavy atom. The molecular weight excluding hydrogens is 479 g/mol. The molecule has 1 aliphatic rings. The Bertz CT molecular complexity index is 1520. The van der Waals surface area contributed by atoms with E-state index in [0.717, 1.165) is 22.5 Å². The molecule has 1 N–H and O–H groups in total. The number of nitrogens with zero attached hydrogens (tertiary/aromatic N) is 3. The van der Waals surface area contributed by atoms with E-state index in [0.29, 0.717) is 30.0 Å². The van der Waals surface area contributed by atoms with Crippen molar-refractivity contribution in [1.29, 1.82) is 0 Å². The summed E-state index contributed by atoms with van der Waals surface area (Å²) in [6.07, 6.45) is 2.40. The van der Waals surface area contributed by atoms with Crippen LogP contribution in [0.5, 0.6) is 0 Å². The first-order chi connectivity index (χ1) is 17.3. The molecule has 0 aliphatic carbocycles. The summed E-state index contributed by atoms with van der Waals surface area (Å²) in [6.45, 7) is 3.82. The number of aromatic nitrogens is 2. The first-order valence-corrected chi connectivity index (χ1v) is 11.8. The van der Waals surface area contributed by atoms with Crippen LogP contribution in [0.3, 0.4) is 0 Å². The van der Waals surface area contributed by atoms with Gasteiger partial charge in [0.15, 0.2) is 0 Å². The van der Waals surface area contributed by atoms with Crippen LogP contribution in [0.25, 0.3) is 11.3 Å². The van der Waals surface area contributed by atoms with Crippen molar-refractivity contribution >= 4 is 34.8 Å². The van der Waals surface area contributed by atoms with Crippen LogP contribution in [0.4, 0.5) is 15.8 Å². The predicted octanol–water partition coefficient (Wildman–Crippen LogP) is 6.01. The van der Waals surface area contributed by atoms with Gasteiger partial charge in [-0.15, -0.1) is 0 Å². The van der Waals surface area contributed by atoms with Crippen LogP contribution >= 0.6 is 11.6 Å². The SMILES string of the molecule is Cc1ncc2c(n1)-c1ccccc1N(C(=O)c1ccc(NC(=O)c3cccc(F)c3C)cc1Cl)CC2. The molecule has 2 heterocycles. The molecule has 6 nitrogen and oxygen atoms in total. The van der Waals surface area contributed by atoms with Gasteiger partial charge in [-0.3, -0.25) is 9.59 Å². The number of hydrogen-bond acceptors (Lipinski definition) is 4. The minimum atomic E-state index is -0.460. The third-order valence-electron chi connectivity index (χ3n) is 6.25. The number of fused-ring (bicyclic) bond motifs is 3. The van der Waals surface area contributed by atoms with Gasteiger partial charge in [0, 0.05) is 29.6 Å². The molecule has 0 atom stereocenters. The molecule has 5 rings (SSSR count). The first-order valence-electron chi connectivity index (χ1n) is 11.4. The van der Waals surface area contributed by atoms with Crippen molar-refractivity contribution in [3.63, 3.8) is 0 Å². The molecule has 0 saturated carbocycles. The van der Waals surface area contributed by atoms with E-state index in [2.05, 4.69) is 15.3 Å². The highest BCUT2D eigenvalue weighted by Gasteiger charge is 2.27. The molecule has 0 radical (unpaired) electrons. The van der Waals surface area contributed by atoms with E-state index in [-0.39, 0.29) is 22.1 Å². The van der Waals surface area contributed by atoms with Crippen LogP contribution < -0.4 is 10.2 Å². The van der Waals surface area contributed by atoms with Crippen LogP contribution in [0.1, 0.15) is 37.7 Å². The number of carbonyl (C=O) groups is 2. The van der Waals surface area contributed by atoms with Gasteiger partial charge in [0.05, 0.1) is 22.0 Å². The lowest BCUT2D eigenvalue weighted by Crippen LogP contribution is -2.32. The quantitative estimate of drug-likeness (QED) is 0.374. The number of hydrogen-bond donors (Lipinski definition) is 1. The largest absolute Gasteiger partial charge is 0.322 e. The summed E-state index contributed by atoms with van der Waals surface area (Å²) in [4.78, 5) is 37.0. The Labute approximate surface area is 212 Å². The molecule has 3 aromatic carbocycles. The van der Waals surface area contributed by atoms with Crippen molar-refractivity contribution < 1.29 is 14.0 Å². The minimum Gasteiger partial charge on any atom is -0.322 e. The Morgan fingerprint density at radius 2 is 1.83 bits per heavy atom. The number of para-hydroxylation sites is 1. The highest BCUT2D eigenvalue weighted by Crippen LogP contribution is 2.36. The summed E-state index contributed by atoms with van der Waals surface area (Å²) in [5, 5.41) is 2.92. The molecule has 2 amide bonds. The zero-order chi connectivity index (χ0) is 25.4. The Morgan fingerprint density at radius 3 is 2.64 bits per heavy atom. The van der Waals surface area contributed by atoms with Gasteiger partial charge >= 0.3 is 0 Å². The Hall–Kier alpha value is -4.10. The van der Waals surface area contributed by atoms with Gasteiger partial charge < -0.3 is 10.2 Å². The second kappa shape index (κ2) is 9.51. The molecule has 0 unspecified atom stereocenters. The van der Waals surface area contributed by atoms with E-state index < -0.39 is 11.7 Å². The maximum atomic E-state index is 13.9. The fourth-order valence-electron chi connectivity index (χ4n) is 4.35. The lowest BCUT2D eigenvalue weighted by molar-refractivity contribution is 0.0986. The van der Waals surface area contributed by atoms with Gasteiger partial charge in [-0.1, -0.05) is 35.9 Å². The van der Waals surface area contributed by atoms with E-state index in [4.69, 9.17) is 11.6 Å². The van der Waals surface area contributed by atoms with Crippen molar-refractivity contribution in [3.8, 4) is 11.3 Å². The van der Waals surface area contributed by atoms with Gasteiger partial charge in [-0.2, -0.15) is 0 Å². The van der Waals surface area contributed by atoms with Gasteiger partial charge in [-0.25, -0.2) is 14.4 Å². The van der Waals surface area contributed by atoms with Crippen molar-refractivity contribution in [1.82, 2.24) is 9.97 Å². The highest BCUT2D eigenvalue weighted by atomic mass is 35.5. The van der Waals surface area contributed by atoms with Crippen molar-refractivity contribution in [2.45, 2.75) is 20.3 Å². The second-order valence-corrected chi connectivity index (χ2v) is 8.98. The Balaban J connectivity index is 1.44. The zero-order valence-corrected chi connectivity index (χ0v) is 20.4. The summed E-state index contributed by atoms with van der Waals surface area (Å²) in [6, 6.07) is 16.7. The third kappa shape index (κ3) is 4.33. The summed E-state index contributed by atoms with van der Waals surface area (Å²) in [5.74, 6) is -0.512. The summed E-state index contributed by atoms with van der Waals surface area (Å²) in [7, 11) is 0. The number of benzene rings is 3. The van der Waals surface area contributed by atoms with E-state index in [1.54, 1.807) is 30.0 Å². The van der Waals surface area contributed by atoms with E-state index in [9.17, 15) is 14.0 Å². The van der Waals surface area contributed by atoms with Gasteiger partial charge in [0.25, 0.3) is 11.8 Å². The molecule has 36 heavy (non-hydrogen) atoms. The zero-order valence-electron chi connectivity index (χ0n) is 19.7. The van der Waals surface area contributed by atoms with Crippen molar-refractivity contribution in [2.75, 3.05) is 16.8 Å². The average Bonchev–Trinajstić information content (AvgIpc) is 3.02. The molecule has 0 spiro atoms. The van der Waals surface area contributed by atoms with Crippen LogP contribution in [-0.4, -0.2) is 28.3 Å². The molecular formula is C28H22ClFN4O2. The van der Waals surface area contributed by atoms with Gasteiger partial charge in [-0.05, 0) is 67.8 Å². The Kier molecular flexibility index (Phi) is 6.24. The topological polar surface area (TPSA) is 75.2 Å². The molecule has 0 bridgehead atoms. The number of anilines is 2. The maximum absolute atomic E-state index is 13.9. The number of halogens is 2. The summed E-state index contributed by atoms with van der Waals surface area (Å²) in [5.41, 5.74) is 4.59. The average molecular weight is 501 g/mol. The third-order valence-corrected chi connectivity index (χ3v) is 6.57. The molecule has 4 aromatic rings. The molecule has 8 heteroatoms. The van der Waals surface area contributed by atoms with E-state index >= 15 is 0 Å². The molecule has 0 fully saturated rings. The smallest absolute Gasteiger partial charge is 0.259 e. The molecule has 180 valence electrons. The van der Waals surface area contributed by atoms with E-state index in [1.807, 2.05) is 37.4 Å². The van der Waals surface area contributed by atoms with Crippen LogP contribution in [0.2, 0.25) is 5.02 Å². The normalized spacial score (nSPS) is 12.4. The highest BCUT2D eigenvalue weighted by molar-refractivity contribution is 6.35. The van der Waals surface area contributed by atoms with Crippen LogP contribution in [0, 0.1) is 19.7 Å². The van der Waals surface area contributed by atoms with Gasteiger partial charge in [0.1, 0.15) is 11.6 Å². The van der Waals surface area contributed by atoms with E-state index in [1.165, 1.54) is 18.2 Å². The van der Waals surface area contributed by atoms with Crippen molar-refractivity contribution in [3.05, 3.63) is 106 Å². The maximum Gasteiger partial charge on any atom is 0.259 e. The summed E-state index contributed by atoms with van der Waals surface area (Å²) < 4.78 is 13.9. The summed E-state index contributed by atoms with van der Waals surface area (Å²) >= 11 is 6.53. The number of aryl methyl sites for hydroxylation is 1.